The highest BCUT2D eigenvalue weighted by Crippen LogP contribution is 2.23. The van der Waals surface area contributed by atoms with E-state index >= 15 is 0 Å². The highest BCUT2D eigenvalue weighted by molar-refractivity contribution is 6.30. The molecule has 0 saturated heterocycles. The van der Waals surface area contributed by atoms with Crippen LogP contribution in [0.25, 0.3) is 0 Å². The first-order valence-corrected chi connectivity index (χ1v) is 5.67. The van der Waals surface area contributed by atoms with Crippen molar-refractivity contribution in [1.29, 1.82) is 0 Å². The summed E-state index contributed by atoms with van der Waals surface area (Å²) in [6.07, 6.45) is 0. The van der Waals surface area contributed by atoms with Crippen molar-refractivity contribution in [3.05, 3.63) is 70.7 Å². The van der Waals surface area contributed by atoms with Crippen LogP contribution in [0.2, 0.25) is 5.02 Å². The van der Waals surface area contributed by atoms with Gasteiger partial charge in [0.15, 0.2) is 0 Å². The van der Waals surface area contributed by atoms with Gasteiger partial charge in [0.2, 0.25) is 0 Å². The van der Waals surface area contributed by atoms with Gasteiger partial charge < -0.3 is 5.32 Å². The summed E-state index contributed by atoms with van der Waals surface area (Å²) in [6, 6.07) is 18.5. The van der Waals surface area contributed by atoms with Crippen LogP contribution in [0.1, 0.15) is 17.2 Å². The average Bonchev–Trinajstić information content (AvgIpc) is 2.31. The van der Waals surface area contributed by atoms with E-state index in [4.69, 9.17) is 11.6 Å². The number of benzene rings is 2. The molecule has 1 nitrogen and oxygen atoms in total. The first-order chi connectivity index (χ1) is 7.81. The number of nitrogens with one attached hydrogen (secondary N) is 1. The lowest BCUT2D eigenvalue weighted by Gasteiger charge is -2.17. The molecule has 0 amide bonds. The van der Waals surface area contributed by atoms with E-state index in [1.165, 1.54) is 11.1 Å². The molecule has 0 heterocycles. The molecule has 1 atom stereocenters. The molecule has 2 aromatic carbocycles. The minimum absolute atomic E-state index is 0.194. The Morgan fingerprint density at radius 1 is 0.938 bits per heavy atom. The van der Waals surface area contributed by atoms with Crippen LogP contribution in [-0.4, -0.2) is 7.05 Å². The van der Waals surface area contributed by atoms with Crippen molar-refractivity contribution in [2.75, 3.05) is 7.05 Å². The van der Waals surface area contributed by atoms with E-state index in [0.29, 0.717) is 0 Å². The van der Waals surface area contributed by atoms with Gasteiger partial charge in [0.1, 0.15) is 0 Å². The minimum atomic E-state index is 0.194. The molecule has 16 heavy (non-hydrogen) atoms. The lowest BCUT2D eigenvalue weighted by molar-refractivity contribution is 0.692. The van der Waals surface area contributed by atoms with Gasteiger partial charge in [-0.15, -0.1) is 0 Å². The molecule has 0 bridgehead atoms. The van der Waals surface area contributed by atoms with Crippen LogP contribution in [0.15, 0.2) is 54.6 Å². The van der Waals surface area contributed by atoms with E-state index in [0.717, 1.165) is 5.02 Å². The smallest absolute Gasteiger partial charge is 0.0574 e. The van der Waals surface area contributed by atoms with Gasteiger partial charge in [-0.2, -0.15) is 0 Å². The summed E-state index contributed by atoms with van der Waals surface area (Å²) in [5, 5.41) is 4.08. The fourth-order valence-corrected chi connectivity index (χ4v) is 2.06. The van der Waals surface area contributed by atoms with E-state index in [2.05, 4.69) is 23.5 Å². The van der Waals surface area contributed by atoms with Gasteiger partial charge in [0, 0.05) is 5.02 Å². The topological polar surface area (TPSA) is 12.0 Å². The monoisotopic (exact) mass is 231 g/mol. The van der Waals surface area contributed by atoms with Crippen LogP contribution in [0.4, 0.5) is 0 Å². The molecule has 2 heteroatoms. The quantitative estimate of drug-likeness (QED) is 0.851. The molecule has 2 aromatic rings. The molecule has 1 N–H and O–H groups in total. The van der Waals surface area contributed by atoms with Crippen molar-refractivity contribution in [1.82, 2.24) is 5.32 Å². The second-order valence-electron chi connectivity index (χ2n) is 3.69. The number of hydrogen-bond acceptors (Lipinski definition) is 1. The first kappa shape index (κ1) is 11.2. The Morgan fingerprint density at radius 3 is 2.25 bits per heavy atom. The molecular formula is C14H14ClN. The van der Waals surface area contributed by atoms with Crippen LogP contribution in [0.5, 0.6) is 0 Å². The Kier molecular flexibility index (Phi) is 3.60. The normalized spacial score (nSPS) is 12.4. The first-order valence-electron chi connectivity index (χ1n) is 5.29. The predicted octanol–water partition coefficient (Wildman–Crippen LogP) is 3.65. The number of rotatable bonds is 3. The third kappa shape index (κ3) is 2.43. The van der Waals surface area contributed by atoms with Gasteiger partial charge in [-0.3, -0.25) is 0 Å². The average molecular weight is 232 g/mol. The molecule has 82 valence electrons. The maximum atomic E-state index is 6.01. The van der Waals surface area contributed by atoms with E-state index in [-0.39, 0.29) is 6.04 Å². The Labute approximate surface area is 101 Å². The van der Waals surface area contributed by atoms with Crippen LogP contribution < -0.4 is 5.32 Å². The van der Waals surface area contributed by atoms with Crippen LogP contribution >= 0.6 is 11.6 Å². The third-order valence-electron chi connectivity index (χ3n) is 2.60. The summed E-state index contributed by atoms with van der Waals surface area (Å²) in [5.74, 6) is 0. The molecular weight excluding hydrogens is 218 g/mol. The second kappa shape index (κ2) is 5.15. The zero-order valence-electron chi connectivity index (χ0n) is 9.15. The summed E-state index contributed by atoms with van der Waals surface area (Å²) in [7, 11) is 1.96. The molecule has 0 aromatic heterocycles. The molecule has 0 aliphatic carbocycles. The van der Waals surface area contributed by atoms with Gasteiger partial charge in [0.25, 0.3) is 0 Å². The molecule has 1 unspecified atom stereocenters. The SMILES string of the molecule is CNC(c1ccccc1)c1cccc(Cl)c1. The van der Waals surface area contributed by atoms with Crippen molar-refractivity contribution in [3.8, 4) is 0 Å². The number of halogens is 1. The fraction of sp³-hybridized carbons (Fsp3) is 0.143. The van der Waals surface area contributed by atoms with Crippen molar-refractivity contribution < 1.29 is 0 Å². The lowest BCUT2D eigenvalue weighted by Crippen LogP contribution is -2.17. The van der Waals surface area contributed by atoms with Crippen molar-refractivity contribution >= 4 is 11.6 Å². The third-order valence-corrected chi connectivity index (χ3v) is 2.84. The lowest BCUT2D eigenvalue weighted by atomic mass is 9.99. The zero-order chi connectivity index (χ0) is 11.4. The number of hydrogen-bond donors (Lipinski definition) is 1. The van der Waals surface area contributed by atoms with Crippen LogP contribution in [-0.2, 0) is 0 Å². The highest BCUT2D eigenvalue weighted by Gasteiger charge is 2.10. The summed E-state index contributed by atoms with van der Waals surface area (Å²) in [4.78, 5) is 0. The van der Waals surface area contributed by atoms with E-state index < -0.39 is 0 Å². The molecule has 0 radical (unpaired) electrons. The van der Waals surface area contributed by atoms with Gasteiger partial charge in [-0.1, -0.05) is 54.1 Å². The molecule has 0 spiro atoms. The molecule has 2 rings (SSSR count). The molecule has 0 saturated carbocycles. The maximum Gasteiger partial charge on any atom is 0.0574 e. The summed E-state index contributed by atoms with van der Waals surface area (Å²) in [5.41, 5.74) is 2.42. The Hall–Kier alpha value is -1.31. The van der Waals surface area contributed by atoms with Crippen molar-refractivity contribution in [3.63, 3.8) is 0 Å². The zero-order valence-corrected chi connectivity index (χ0v) is 9.91. The van der Waals surface area contributed by atoms with E-state index in [1.807, 2.05) is 43.4 Å². The standard InChI is InChI=1S/C14H14ClN/c1-16-14(11-6-3-2-4-7-11)12-8-5-9-13(15)10-12/h2-10,14,16H,1H3. The largest absolute Gasteiger partial charge is 0.309 e. The van der Waals surface area contributed by atoms with Crippen molar-refractivity contribution in [2.24, 2.45) is 0 Å². The van der Waals surface area contributed by atoms with Gasteiger partial charge in [-0.05, 0) is 30.3 Å². The summed E-state index contributed by atoms with van der Waals surface area (Å²) >= 11 is 6.01. The second-order valence-corrected chi connectivity index (χ2v) is 4.12. The molecule has 0 aliphatic rings. The maximum absolute atomic E-state index is 6.01. The fourth-order valence-electron chi connectivity index (χ4n) is 1.86. The van der Waals surface area contributed by atoms with Gasteiger partial charge in [0.05, 0.1) is 6.04 Å². The summed E-state index contributed by atoms with van der Waals surface area (Å²) < 4.78 is 0. The minimum Gasteiger partial charge on any atom is -0.309 e. The highest BCUT2D eigenvalue weighted by atomic mass is 35.5. The van der Waals surface area contributed by atoms with Gasteiger partial charge >= 0.3 is 0 Å². The Balaban J connectivity index is 2.37. The van der Waals surface area contributed by atoms with Crippen LogP contribution in [0.3, 0.4) is 0 Å². The molecule has 0 aliphatic heterocycles. The van der Waals surface area contributed by atoms with Crippen LogP contribution in [0, 0.1) is 0 Å². The molecule has 0 fully saturated rings. The predicted molar refractivity (Wildman–Crippen MR) is 68.8 cm³/mol. The Bertz CT molecular complexity index is 453. The summed E-state index contributed by atoms with van der Waals surface area (Å²) in [6.45, 7) is 0. The van der Waals surface area contributed by atoms with E-state index in [1.54, 1.807) is 0 Å². The van der Waals surface area contributed by atoms with E-state index in [9.17, 15) is 0 Å². The Morgan fingerprint density at radius 2 is 1.62 bits per heavy atom. The van der Waals surface area contributed by atoms with Gasteiger partial charge in [-0.25, -0.2) is 0 Å². The van der Waals surface area contributed by atoms with Crippen molar-refractivity contribution in [2.45, 2.75) is 6.04 Å².